The number of aromatic nitrogens is 2. The first kappa shape index (κ1) is 19.7. The van der Waals surface area contributed by atoms with Crippen molar-refractivity contribution in [2.75, 3.05) is 57.9 Å². The maximum Gasteiger partial charge on any atom is 0.252 e. The van der Waals surface area contributed by atoms with Gasteiger partial charge in [0.15, 0.2) is 0 Å². The Bertz CT molecular complexity index is 905. The molecule has 4 rings (SSSR count). The summed E-state index contributed by atoms with van der Waals surface area (Å²) in [5.41, 5.74) is 1.90. The van der Waals surface area contributed by atoms with Crippen molar-refractivity contribution in [3.8, 4) is 5.75 Å². The number of aromatic amines is 1. The first-order valence-electron chi connectivity index (χ1n) is 10.2. The number of hydrogen-bond acceptors (Lipinski definition) is 6. The van der Waals surface area contributed by atoms with E-state index < -0.39 is 0 Å². The number of H-pyrrole nitrogens is 1. The summed E-state index contributed by atoms with van der Waals surface area (Å²) in [6, 6.07) is 9.66. The van der Waals surface area contributed by atoms with Gasteiger partial charge in [0.1, 0.15) is 5.75 Å². The zero-order chi connectivity index (χ0) is 20.1. The third kappa shape index (κ3) is 4.86. The molecular formula is C22H28N4O3. The van der Waals surface area contributed by atoms with Gasteiger partial charge in [0.2, 0.25) is 5.95 Å². The zero-order valence-corrected chi connectivity index (χ0v) is 16.8. The SMILES string of the molecule is COc1ccccc1/C=C\CN1CC[C@@H](c2cc(=O)[nH]c(N3CCOCC3)n2)C1. The van der Waals surface area contributed by atoms with Crippen LogP contribution in [0.4, 0.5) is 5.95 Å². The van der Waals surface area contributed by atoms with Gasteiger partial charge in [-0.1, -0.05) is 30.4 Å². The van der Waals surface area contributed by atoms with E-state index in [1.165, 1.54) is 0 Å². The molecule has 0 unspecified atom stereocenters. The molecule has 0 spiro atoms. The summed E-state index contributed by atoms with van der Waals surface area (Å²) in [4.78, 5) is 24.3. The van der Waals surface area contributed by atoms with Gasteiger partial charge in [-0.2, -0.15) is 0 Å². The molecule has 3 heterocycles. The summed E-state index contributed by atoms with van der Waals surface area (Å²) in [7, 11) is 1.69. The van der Waals surface area contributed by atoms with Crippen LogP contribution in [-0.2, 0) is 4.74 Å². The van der Waals surface area contributed by atoms with Crippen LogP contribution < -0.4 is 15.2 Å². The smallest absolute Gasteiger partial charge is 0.252 e. The topological polar surface area (TPSA) is 70.7 Å². The van der Waals surface area contributed by atoms with Crippen molar-refractivity contribution in [3.05, 3.63) is 58.0 Å². The predicted octanol–water partition coefficient (Wildman–Crippen LogP) is 2.12. The average molecular weight is 396 g/mol. The highest BCUT2D eigenvalue weighted by Gasteiger charge is 2.25. The number of anilines is 1. The lowest BCUT2D eigenvalue weighted by molar-refractivity contribution is 0.122. The minimum atomic E-state index is -0.0778. The number of ether oxygens (including phenoxy) is 2. The minimum Gasteiger partial charge on any atom is -0.496 e. The van der Waals surface area contributed by atoms with Crippen LogP contribution in [0.25, 0.3) is 6.08 Å². The molecule has 2 fully saturated rings. The predicted molar refractivity (Wildman–Crippen MR) is 114 cm³/mol. The monoisotopic (exact) mass is 396 g/mol. The Morgan fingerprint density at radius 3 is 2.93 bits per heavy atom. The number of nitrogens with one attached hydrogen (secondary N) is 1. The number of benzene rings is 1. The molecule has 2 aliphatic rings. The molecule has 1 N–H and O–H groups in total. The maximum absolute atomic E-state index is 12.2. The van der Waals surface area contributed by atoms with E-state index in [1.807, 2.05) is 18.2 Å². The third-order valence-corrected chi connectivity index (χ3v) is 5.55. The quantitative estimate of drug-likeness (QED) is 0.807. The average Bonchev–Trinajstić information content (AvgIpc) is 3.23. The van der Waals surface area contributed by atoms with Crippen LogP contribution in [-0.4, -0.2) is 67.9 Å². The molecule has 154 valence electrons. The van der Waals surface area contributed by atoms with Crippen LogP contribution in [0.3, 0.4) is 0 Å². The number of nitrogens with zero attached hydrogens (tertiary/aromatic N) is 3. The van der Waals surface area contributed by atoms with Crippen LogP contribution in [0.1, 0.15) is 23.6 Å². The highest BCUT2D eigenvalue weighted by atomic mass is 16.5. The molecule has 29 heavy (non-hydrogen) atoms. The van der Waals surface area contributed by atoms with E-state index in [0.717, 1.165) is 56.2 Å². The molecule has 0 amide bonds. The summed E-state index contributed by atoms with van der Waals surface area (Å²) in [6.45, 7) is 5.65. The van der Waals surface area contributed by atoms with Crippen molar-refractivity contribution in [2.24, 2.45) is 0 Å². The van der Waals surface area contributed by atoms with Gasteiger partial charge in [0.25, 0.3) is 5.56 Å². The standard InChI is InChI=1S/C22H28N4O3/c1-28-20-7-3-2-5-17(20)6-4-9-25-10-8-18(16-25)19-15-21(27)24-22(23-19)26-11-13-29-14-12-26/h2-7,15,18H,8-14,16H2,1H3,(H,23,24,27)/b6-4-/t18-/m1/s1. The zero-order valence-electron chi connectivity index (χ0n) is 16.8. The number of para-hydroxylation sites is 1. The van der Waals surface area contributed by atoms with E-state index >= 15 is 0 Å². The second-order valence-electron chi connectivity index (χ2n) is 7.48. The molecule has 2 saturated heterocycles. The Hall–Kier alpha value is -2.64. The van der Waals surface area contributed by atoms with Gasteiger partial charge in [-0.05, 0) is 19.0 Å². The molecular weight excluding hydrogens is 368 g/mol. The Balaban J connectivity index is 1.39. The Morgan fingerprint density at radius 1 is 1.28 bits per heavy atom. The summed E-state index contributed by atoms with van der Waals surface area (Å²) < 4.78 is 10.8. The highest BCUT2D eigenvalue weighted by Crippen LogP contribution is 2.26. The molecule has 7 heteroatoms. The molecule has 2 aliphatic heterocycles. The molecule has 1 atom stereocenters. The van der Waals surface area contributed by atoms with Gasteiger partial charge in [0, 0.05) is 43.7 Å². The molecule has 7 nitrogen and oxygen atoms in total. The van der Waals surface area contributed by atoms with Crippen LogP contribution in [0.5, 0.6) is 5.75 Å². The van der Waals surface area contributed by atoms with Gasteiger partial charge < -0.3 is 14.4 Å². The Kier molecular flexibility index (Phi) is 6.27. The van der Waals surface area contributed by atoms with Crippen LogP contribution in [0.2, 0.25) is 0 Å². The van der Waals surface area contributed by atoms with E-state index in [0.29, 0.717) is 19.2 Å². The van der Waals surface area contributed by atoms with E-state index in [4.69, 9.17) is 14.5 Å². The number of hydrogen-bond donors (Lipinski definition) is 1. The second kappa shape index (κ2) is 9.24. The molecule has 1 aromatic heterocycles. The van der Waals surface area contributed by atoms with E-state index in [9.17, 15) is 4.79 Å². The van der Waals surface area contributed by atoms with Crippen LogP contribution in [0, 0.1) is 0 Å². The van der Waals surface area contributed by atoms with Crippen LogP contribution >= 0.6 is 0 Å². The third-order valence-electron chi connectivity index (χ3n) is 5.55. The van der Waals surface area contributed by atoms with E-state index in [-0.39, 0.29) is 11.5 Å². The first-order valence-corrected chi connectivity index (χ1v) is 10.2. The normalized spacial score (nSPS) is 20.4. The van der Waals surface area contributed by atoms with Crippen molar-refractivity contribution in [1.29, 1.82) is 0 Å². The van der Waals surface area contributed by atoms with Crippen molar-refractivity contribution in [2.45, 2.75) is 12.3 Å². The van der Waals surface area contributed by atoms with Gasteiger partial charge in [-0.3, -0.25) is 14.7 Å². The molecule has 1 aromatic carbocycles. The van der Waals surface area contributed by atoms with Gasteiger partial charge in [-0.15, -0.1) is 0 Å². The lowest BCUT2D eigenvalue weighted by atomic mass is 10.1. The molecule has 2 aromatic rings. The van der Waals surface area contributed by atoms with Crippen LogP contribution in [0.15, 0.2) is 41.2 Å². The van der Waals surface area contributed by atoms with Crippen molar-refractivity contribution >= 4 is 12.0 Å². The number of methoxy groups -OCH3 is 1. The van der Waals surface area contributed by atoms with E-state index in [2.05, 4.69) is 33.0 Å². The van der Waals surface area contributed by atoms with Gasteiger partial charge in [0.05, 0.1) is 26.0 Å². The fourth-order valence-electron chi connectivity index (χ4n) is 3.97. The maximum atomic E-state index is 12.2. The molecule has 0 bridgehead atoms. The van der Waals surface area contributed by atoms with E-state index in [1.54, 1.807) is 13.2 Å². The summed E-state index contributed by atoms with van der Waals surface area (Å²) in [5.74, 6) is 1.84. The fraction of sp³-hybridized carbons (Fsp3) is 0.455. The largest absolute Gasteiger partial charge is 0.496 e. The Labute approximate surface area is 171 Å². The molecule has 0 radical (unpaired) electrons. The highest BCUT2D eigenvalue weighted by molar-refractivity contribution is 5.57. The lowest BCUT2D eigenvalue weighted by Gasteiger charge is -2.27. The molecule has 0 saturated carbocycles. The number of rotatable bonds is 6. The van der Waals surface area contributed by atoms with Crippen molar-refractivity contribution in [3.63, 3.8) is 0 Å². The van der Waals surface area contributed by atoms with Gasteiger partial charge in [-0.25, -0.2) is 4.98 Å². The second-order valence-corrected chi connectivity index (χ2v) is 7.48. The van der Waals surface area contributed by atoms with Crippen molar-refractivity contribution < 1.29 is 9.47 Å². The first-order chi connectivity index (χ1) is 14.2. The fourth-order valence-corrected chi connectivity index (χ4v) is 3.97. The number of morpholine rings is 1. The van der Waals surface area contributed by atoms with Gasteiger partial charge >= 0.3 is 0 Å². The number of likely N-dealkylation sites (tertiary alicyclic amines) is 1. The Morgan fingerprint density at radius 2 is 2.10 bits per heavy atom. The minimum absolute atomic E-state index is 0.0778. The lowest BCUT2D eigenvalue weighted by Crippen LogP contribution is -2.38. The summed E-state index contributed by atoms with van der Waals surface area (Å²) >= 11 is 0. The molecule has 0 aliphatic carbocycles. The summed E-state index contributed by atoms with van der Waals surface area (Å²) in [5, 5.41) is 0. The van der Waals surface area contributed by atoms with Crippen molar-refractivity contribution in [1.82, 2.24) is 14.9 Å². The summed E-state index contributed by atoms with van der Waals surface area (Å²) in [6.07, 6.45) is 5.29.